The summed E-state index contributed by atoms with van der Waals surface area (Å²) in [5, 5.41) is 4.74. The standard InChI is InChI=1S/C58H39NO/c1-2-12-40(13-3-1)42-24-26-43(27-25-42)44-30-33-51(34-31-44)59(56-22-8-6-20-53(56)50-32-35-55-54-21-7-9-23-57(54)60-58(55)39-50)52-19-11-18-48(38-52)46-16-10-17-47(37-46)49-29-28-41-14-4-5-15-45(41)36-49/h1-39H. The predicted octanol–water partition coefficient (Wildman–Crippen LogP) is 16.5. The zero-order chi connectivity index (χ0) is 39.8. The highest BCUT2D eigenvalue weighted by molar-refractivity contribution is 6.06. The van der Waals surface area contributed by atoms with E-state index in [1.165, 1.54) is 49.7 Å². The van der Waals surface area contributed by atoms with E-state index in [4.69, 9.17) is 4.42 Å². The van der Waals surface area contributed by atoms with Crippen molar-refractivity contribution in [3.63, 3.8) is 0 Å². The van der Waals surface area contributed by atoms with Gasteiger partial charge < -0.3 is 9.32 Å². The maximum Gasteiger partial charge on any atom is 0.136 e. The Kier molecular flexibility index (Phi) is 8.87. The Morgan fingerprint density at radius 1 is 0.267 bits per heavy atom. The van der Waals surface area contributed by atoms with Crippen LogP contribution in [-0.4, -0.2) is 0 Å². The summed E-state index contributed by atoms with van der Waals surface area (Å²) in [7, 11) is 0. The molecule has 0 aliphatic carbocycles. The first-order valence-electron chi connectivity index (χ1n) is 20.5. The number of fused-ring (bicyclic) bond motifs is 4. The van der Waals surface area contributed by atoms with E-state index < -0.39 is 0 Å². The lowest BCUT2D eigenvalue weighted by atomic mass is 9.96. The second-order valence-electron chi connectivity index (χ2n) is 15.3. The van der Waals surface area contributed by atoms with Crippen LogP contribution >= 0.6 is 0 Å². The number of anilines is 3. The molecule has 0 saturated heterocycles. The van der Waals surface area contributed by atoms with Crippen LogP contribution in [0.3, 0.4) is 0 Å². The molecule has 0 fully saturated rings. The van der Waals surface area contributed by atoms with Gasteiger partial charge in [0.25, 0.3) is 0 Å². The Balaban J connectivity index is 1.01. The first kappa shape index (κ1) is 35.2. The van der Waals surface area contributed by atoms with Gasteiger partial charge in [-0.3, -0.25) is 0 Å². The van der Waals surface area contributed by atoms with E-state index in [1.807, 2.05) is 12.1 Å². The molecule has 60 heavy (non-hydrogen) atoms. The molecule has 0 bridgehead atoms. The molecule has 0 atom stereocenters. The molecule has 2 heteroatoms. The maximum absolute atomic E-state index is 6.39. The lowest BCUT2D eigenvalue weighted by Crippen LogP contribution is -2.11. The molecule has 2 nitrogen and oxygen atoms in total. The van der Waals surface area contributed by atoms with Crippen molar-refractivity contribution >= 4 is 49.8 Å². The molecule has 0 amide bonds. The average Bonchev–Trinajstić information content (AvgIpc) is 3.70. The Hall–Kier alpha value is -7.94. The van der Waals surface area contributed by atoms with Crippen LogP contribution in [0.1, 0.15) is 0 Å². The van der Waals surface area contributed by atoms with Crippen LogP contribution in [0.5, 0.6) is 0 Å². The van der Waals surface area contributed by atoms with Crippen molar-refractivity contribution in [2.45, 2.75) is 0 Å². The number of hydrogen-bond donors (Lipinski definition) is 0. The topological polar surface area (TPSA) is 16.4 Å². The summed E-state index contributed by atoms with van der Waals surface area (Å²) in [6, 6.07) is 85.0. The van der Waals surface area contributed by atoms with Gasteiger partial charge in [-0.1, -0.05) is 176 Å². The summed E-state index contributed by atoms with van der Waals surface area (Å²) in [6.45, 7) is 0. The van der Waals surface area contributed by atoms with Crippen LogP contribution in [0, 0.1) is 0 Å². The molecule has 0 N–H and O–H groups in total. The molecule has 0 aliphatic heterocycles. The summed E-state index contributed by atoms with van der Waals surface area (Å²) in [4.78, 5) is 2.39. The fourth-order valence-electron chi connectivity index (χ4n) is 8.59. The maximum atomic E-state index is 6.39. The van der Waals surface area contributed by atoms with Crippen molar-refractivity contribution < 1.29 is 4.42 Å². The van der Waals surface area contributed by atoms with Gasteiger partial charge in [-0.05, 0) is 122 Å². The van der Waals surface area contributed by atoms with Gasteiger partial charge >= 0.3 is 0 Å². The summed E-state index contributed by atoms with van der Waals surface area (Å²) in [5.74, 6) is 0. The number of hydrogen-bond acceptors (Lipinski definition) is 2. The van der Waals surface area contributed by atoms with Crippen molar-refractivity contribution in [2.24, 2.45) is 0 Å². The van der Waals surface area contributed by atoms with Gasteiger partial charge in [0.2, 0.25) is 0 Å². The van der Waals surface area contributed by atoms with Gasteiger partial charge in [-0.25, -0.2) is 0 Å². The second-order valence-corrected chi connectivity index (χ2v) is 15.3. The number of furan rings is 1. The smallest absolute Gasteiger partial charge is 0.136 e. The molecular formula is C58H39NO. The van der Waals surface area contributed by atoms with Gasteiger partial charge in [-0.15, -0.1) is 0 Å². The Bertz CT molecular complexity index is 3310. The van der Waals surface area contributed by atoms with E-state index in [9.17, 15) is 0 Å². The van der Waals surface area contributed by atoms with Crippen LogP contribution in [0.15, 0.2) is 241 Å². The van der Waals surface area contributed by atoms with Gasteiger partial charge in [0, 0.05) is 27.7 Å². The minimum Gasteiger partial charge on any atom is -0.456 e. The summed E-state index contributed by atoms with van der Waals surface area (Å²) in [5.41, 5.74) is 16.7. The average molecular weight is 766 g/mol. The normalized spacial score (nSPS) is 11.3. The zero-order valence-corrected chi connectivity index (χ0v) is 32.9. The number of para-hydroxylation sites is 2. The van der Waals surface area contributed by atoms with Gasteiger partial charge in [-0.2, -0.15) is 0 Å². The van der Waals surface area contributed by atoms with Crippen LogP contribution in [0.2, 0.25) is 0 Å². The van der Waals surface area contributed by atoms with Gasteiger partial charge in [0.05, 0.1) is 5.69 Å². The minimum absolute atomic E-state index is 0.881. The monoisotopic (exact) mass is 765 g/mol. The molecule has 0 radical (unpaired) electrons. The highest BCUT2D eigenvalue weighted by Gasteiger charge is 2.19. The molecule has 0 saturated carbocycles. The Morgan fingerprint density at radius 3 is 1.58 bits per heavy atom. The summed E-state index contributed by atoms with van der Waals surface area (Å²) in [6.07, 6.45) is 0. The number of rotatable bonds is 8. The number of benzene rings is 10. The fraction of sp³-hybridized carbons (Fsp3) is 0. The van der Waals surface area contributed by atoms with Crippen LogP contribution < -0.4 is 4.90 Å². The minimum atomic E-state index is 0.881. The second kappa shape index (κ2) is 15.1. The van der Waals surface area contributed by atoms with Crippen LogP contribution in [0.25, 0.3) is 88.3 Å². The van der Waals surface area contributed by atoms with Gasteiger partial charge in [0.1, 0.15) is 11.2 Å². The molecule has 11 rings (SSSR count). The first-order chi connectivity index (χ1) is 29.7. The molecule has 1 heterocycles. The molecule has 11 aromatic rings. The molecule has 0 aliphatic rings. The van der Waals surface area contributed by atoms with E-state index >= 15 is 0 Å². The third kappa shape index (κ3) is 6.61. The van der Waals surface area contributed by atoms with Crippen molar-refractivity contribution in [1.29, 1.82) is 0 Å². The quantitative estimate of drug-likeness (QED) is 0.153. The molecule has 282 valence electrons. The molecular weight excluding hydrogens is 727 g/mol. The largest absolute Gasteiger partial charge is 0.456 e. The third-order valence-electron chi connectivity index (χ3n) is 11.7. The van der Waals surface area contributed by atoms with Crippen molar-refractivity contribution in [2.75, 3.05) is 4.90 Å². The molecule has 1 aromatic heterocycles. The Labute approximate surface area is 349 Å². The zero-order valence-electron chi connectivity index (χ0n) is 32.9. The highest BCUT2D eigenvalue weighted by atomic mass is 16.3. The van der Waals surface area contributed by atoms with Crippen molar-refractivity contribution in [3.8, 4) is 55.6 Å². The van der Waals surface area contributed by atoms with E-state index in [2.05, 4.69) is 229 Å². The molecule has 10 aromatic carbocycles. The molecule has 0 spiro atoms. The Morgan fingerprint density at radius 2 is 0.800 bits per heavy atom. The van der Waals surface area contributed by atoms with Crippen molar-refractivity contribution in [3.05, 3.63) is 237 Å². The predicted molar refractivity (Wildman–Crippen MR) is 253 cm³/mol. The fourth-order valence-corrected chi connectivity index (χ4v) is 8.59. The number of nitrogens with zero attached hydrogens (tertiary/aromatic N) is 1. The molecule has 0 unspecified atom stereocenters. The SMILES string of the molecule is c1ccc(-c2ccc(-c3ccc(N(c4cccc(-c5cccc(-c6ccc7ccccc7c6)c5)c4)c4ccccc4-c4ccc5c(c4)oc4ccccc45)cc3)cc2)cc1. The third-order valence-corrected chi connectivity index (χ3v) is 11.7. The highest BCUT2D eigenvalue weighted by Crippen LogP contribution is 2.44. The van der Waals surface area contributed by atoms with Crippen molar-refractivity contribution in [1.82, 2.24) is 0 Å². The van der Waals surface area contributed by atoms with E-state index in [-0.39, 0.29) is 0 Å². The van der Waals surface area contributed by atoms with E-state index in [1.54, 1.807) is 0 Å². The summed E-state index contributed by atoms with van der Waals surface area (Å²) < 4.78 is 6.39. The van der Waals surface area contributed by atoms with Crippen LogP contribution in [-0.2, 0) is 0 Å². The lowest BCUT2D eigenvalue weighted by Gasteiger charge is -2.28. The summed E-state index contributed by atoms with van der Waals surface area (Å²) >= 11 is 0. The lowest BCUT2D eigenvalue weighted by molar-refractivity contribution is 0.669. The van der Waals surface area contributed by atoms with E-state index in [0.717, 1.165) is 55.7 Å². The van der Waals surface area contributed by atoms with E-state index in [0.29, 0.717) is 0 Å². The van der Waals surface area contributed by atoms with Crippen LogP contribution in [0.4, 0.5) is 17.1 Å². The first-order valence-corrected chi connectivity index (χ1v) is 20.5. The van der Waals surface area contributed by atoms with Gasteiger partial charge in [0.15, 0.2) is 0 Å².